The number of amides is 1. The summed E-state index contributed by atoms with van der Waals surface area (Å²) in [6.45, 7) is 1.04. The van der Waals surface area contributed by atoms with E-state index in [1.807, 2.05) is 0 Å². The molecule has 41 heavy (non-hydrogen) atoms. The number of nitrogens with two attached hydrogens (primary N) is 1. The van der Waals surface area contributed by atoms with Crippen LogP contribution in [0.3, 0.4) is 0 Å². The van der Waals surface area contributed by atoms with Crippen molar-refractivity contribution in [1.82, 2.24) is 20.1 Å². The zero-order valence-corrected chi connectivity index (χ0v) is 21.6. The second kappa shape index (κ2) is 12.1. The third-order valence-electron chi connectivity index (χ3n) is 6.30. The molecule has 0 fully saturated rings. The zero-order valence-electron chi connectivity index (χ0n) is 21.6. The summed E-state index contributed by atoms with van der Waals surface area (Å²) in [7, 11) is 0. The Morgan fingerprint density at radius 1 is 1.07 bits per heavy atom. The lowest BCUT2D eigenvalue weighted by Gasteiger charge is -2.22. The Balaban J connectivity index is 1.73. The molecule has 0 radical (unpaired) electrons. The molecule has 2 heterocycles. The Hall–Kier alpha value is -4.23. The minimum absolute atomic E-state index is 0.161. The molecule has 0 aliphatic heterocycles. The maximum absolute atomic E-state index is 14.2. The number of carbonyl (C=O) groups is 1. The number of nitrogens with one attached hydrogen (secondary N) is 1. The van der Waals surface area contributed by atoms with E-state index in [2.05, 4.69) is 15.4 Å². The Morgan fingerprint density at radius 3 is 2.41 bits per heavy atom. The summed E-state index contributed by atoms with van der Waals surface area (Å²) in [6.07, 6.45) is -4.91. The minimum atomic E-state index is -4.70. The van der Waals surface area contributed by atoms with Gasteiger partial charge in [0, 0.05) is 29.1 Å². The number of benzene rings is 2. The molecule has 2 unspecified atom stereocenters. The Labute approximate surface area is 230 Å². The van der Waals surface area contributed by atoms with Gasteiger partial charge < -0.3 is 16.2 Å². The number of hydrogen-bond acceptors (Lipinski definition) is 5. The van der Waals surface area contributed by atoms with Gasteiger partial charge in [-0.1, -0.05) is 19.1 Å². The van der Waals surface area contributed by atoms with Crippen molar-refractivity contribution in [3.8, 4) is 11.1 Å². The largest absolute Gasteiger partial charge is 0.435 e. The van der Waals surface area contributed by atoms with E-state index in [9.17, 15) is 36.2 Å². The summed E-state index contributed by atoms with van der Waals surface area (Å²) in [5.74, 6) is -3.20. The number of alkyl halides is 3. The maximum Gasteiger partial charge on any atom is 0.435 e. The van der Waals surface area contributed by atoms with Crippen LogP contribution in [0, 0.1) is 17.5 Å². The molecular formula is C28H25F6N5O2. The van der Waals surface area contributed by atoms with Gasteiger partial charge >= 0.3 is 6.18 Å². The molecule has 0 spiro atoms. The van der Waals surface area contributed by atoms with Crippen LogP contribution in [0.1, 0.15) is 47.4 Å². The van der Waals surface area contributed by atoms with Gasteiger partial charge in [0.15, 0.2) is 5.69 Å². The number of carbonyl (C=O) groups excluding carboxylic acids is 1. The SMILES string of the molecule is CCc1cc(C(F)(F)F)nn1CC(=O)NC(Cc1cc(F)cc(F)c1)c1ncccc1-c1ccc(F)c(C(N)O)c1. The fourth-order valence-electron chi connectivity index (χ4n) is 4.45. The van der Waals surface area contributed by atoms with Crippen molar-refractivity contribution in [1.29, 1.82) is 0 Å². The molecule has 0 aliphatic carbocycles. The Kier molecular flexibility index (Phi) is 8.78. The number of aliphatic hydroxyl groups excluding tert-OH is 1. The maximum atomic E-state index is 14.2. The summed E-state index contributed by atoms with van der Waals surface area (Å²) < 4.78 is 82.8. The van der Waals surface area contributed by atoms with E-state index in [-0.39, 0.29) is 35.4 Å². The fraction of sp³-hybridized carbons (Fsp3) is 0.250. The highest BCUT2D eigenvalue weighted by Gasteiger charge is 2.35. The molecule has 13 heteroatoms. The van der Waals surface area contributed by atoms with Crippen molar-refractivity contribution >= 4 is 5.91 Å². The molecule has 0 saturated heterocycles. The van der Waals surface area contributed by atoms with Crippen LogP contribution >= 0.6 is 0 Å². The van der Waals surface area contributed by atoms with Gasteiger partial charge in [0.1, 0.15) is 30.2 Å². The fourth-order valence-corrected chi connectivity index (χ4v) is 4.45. The lowest BCUT2D eigenvalue weighted by atomic mass is 9.94. The molecule has 2 aromatic carbocycles. The molecule has 4 aromatic rings. The first-order valence-corrected chi connectivity index (χ1v) is 12.4. The molecule has 0 aliphatic rings. The molecule has 0 saturated carbocycles. The molecule has 216 valence electrons. The molecule has 4 rings (SSSR count). The summed E-state index contributed by atoms with van der Waals surface area (Å²) in [5, 5.41) is 16.0. The first-order valence-electron chi connectivity index (χ1n) is 12.4. The number of pyridine rings is 1. The predicted octanol–water partition coefficient (Wildman–Crippen LogP) is 4.99. The lowest BCUT2D eigenvalue weighted by molar-refractivity contribution is -0.141. The van der Waals surface area contributed by atoms with Crippen LogP contribution in [0.2, 0.25) is 0 Å². The number of rotatable bonds is 9. The molecule has 1 amide bonds. The van der Waals surface area contributed by atoms with E-state index < -0.39 is 54.0 Å². The average molecular weight is 578 g/mol. The minimum Gasteiger partial charge on any atom is -0.374 e. The topological polar surface area (TPSA) is 106 Å². The number of nitrogens with zero attached hydrogens (tertiary/aromatic N) is 3. The summed E-state index contributed by atoms with van der Waals surface area (Å²) in [6, 6.07) is 9.61. The quantitative estimate of drug-likeness (QED) is 0.192. The van der Waals surface area contributed by atoms with Crippen LogP contribution in [0.5, 0.6) is 0 Å². The summed E-state index contributed by atoms with van der Waals surface area (Å²) in [5.41, 5.74) is 5.43. The van der Waals surface area contributed by atoms with E-state index in [1.165, 1.54) is 18.3 Å². The van der Waals surface area contributed by atoms with Crippen molar-refractivity contribution < 1.29 is 36.2 Å². The second-order valence-corrected chi connectivity index (χ2v) is 9.25. The van der Waals surface area contributed by atoms with E-state index >= 15 is 0 Å². The molecule has 4 N–H and O–H groups in total. The van der Waals surface area contributed by atoms with Gasteiger partial charge in [-0.3, -0.25) is 14.5 Å². The van der Waals surface area contributed by atoms with Gasteiger partial charge in [-0.15, -0.1) is 0 Å². The number of aryl methyl sites for hydroxylation is 1. The zero-order chi connectivity index (χ0) is 29.9. The van der Waals surface area contributed by atoms with Gasteiger partial charge in [0.25, 0.3) is 0 Å². The van der Waals surface area contributed by atoms with Crippen LogP contribution in [0.25, 0.3) is 11.1 Å². The Bertz CT molecular complexity index is 1530. The van der Waals surface area contributed by atoms with Gasteiger partial charge in [-0.25, -0.2) is 13.2 Å². The van der Waals surface area contributed by atoms with Crippen LogP contribution in [-0.2, 0) is 30.4 Å². The first kappa shape index (κ1) is 29.7. The van der Waals surface area contributed by atoms with E-state index in [1.54, 1.807) is 19.1 Å². The number of aromatic nitrogens is 3. The molecule has 7 nitrogen and oxygen atoms in total. The second-order valence-electron chi connectivity index (χ2n) is 9.25. The van der Waals surface area contributed by atoms with Crippen molar-refractivity contribution in [3.63, 3.8) is 0 Å². The smallest absolute Gasteiger partial charge is 0.374 e. The third-order valence-corrected chi connectivity index (χ3v) is 6.30. The molecular weight excluding hydrogens is 552 g/mol. The highest BCUT2D eigenvalue weighted by molar-refractivity contribution is 5.77. The van der Waals surface area contributed by atoms with E-state index in [0.29, 0.717) is 17.2 Å². The number of hydrogen-bond donors (Lipinski definition) is 3. The third kappa shape index (κ3) is 7.11. The standard InChI is InChI=1S/C28H25F6N5O2/c1-2-19-13-24(28(32,33)34)38-39(19)14-25(40)37-23(10-15-8-17(29)12-18(30)9-15)26-20(4-3-7-36-26)16-5-6-22(31)21(11-16)27(35)41/h3-9,11-13,23,27,41H,2,10,14,35H2,1H3,(H,37,40). The first-order chi connectivity index (χ1) is 19.3. The lowest BCUT2D eigenvalue weighted by Crippen LogP contribution is -2.34. The van der Waals surface area contributed by atoms with Crippen LogP contribution < -0.4 is 11.1 Å². The van der Waals surface area contributed by atoms with Crippen molar-refractivity contribution in [2.75, 3.05) is 0 Å². The van der Waals surface area contributed by atoms with Gasteiger partial charge in [0.2, 0.25) is 5.91 Å². The van der Waals surface area contributed by atoms with Crippen LogP contribution in [-0.4, -0.2) is 25.8 Å². The highest BCUT2D eigenvalue weighted by atomic mass is 19.4. The van der Waals surface area contributed by atoms with Crippen LogP contribution in [0.4, 0.5) is 26.3 Å². The Morgan fingerprint density at radius 2 is 1.78 bits per heavy atom. The van der Waals surface area contributed by atoms with E-state index in [4.69, 9.17) is 5.73 Å². The van der Waals surface area contributed by atoms with Gasteiger partial charge in [0.05, 0.1) is 11.7 Å². The van der Waals surface area contributed by atoms with E-state index in [0.717, 1.165) is 28.9 Å². The highest BCUT2D eigenvalue weighted by Crippen LogP contribution is 2.32. The molecule has 2 atom stereocenters. The van der Waals surface area contributed by atoms with Crippen LogP contribution in [0.15, 0.2) is 60.8 Å². The van der Waals surface area contributed by atoms with Crippen molar-refractivity contribution in [2.24, 2.45) is 5.73 Å². The molecule has 0 bridgehead atoms. The average Bonchev–Trinajstić information content (AvgIpc) is 3.31. The number of aliphatic hydroxyl groups is 1. The monoisotopic (exact) mass is 577 g/mol. The summed E-state index contributed by atoms with van der Waals surface area (Å²) >= 11 is 0. The summed E-state index contributed by atoms with van der Waals surface area (Å²) in [4.78, 5) is 17.5. The van der Waals surface area contributed by atoms with Crippen molar-refractivity contribution in [3.05, 3.63) is 106 Å². The number of halogens is 6. The van der Waals surface area contributed by atoms with Crippen molar-refractivity contribution in [2.45, 2.75) is 44.8 Å². The van der Waals surface area contributed by atoms with Gasteiger partial charge in [-0.2, -0.15) is 18.3 Å². The predicted molar refractivity (Wildman–Crippen MR) is 136 cm³/mol. The van der Waals surface area contributed by atoms with Gasteiger partial charge in [-0.05, 0) is 60.4 Å². The molecule has 2 aromatic heterocycles. The normalized spacial score (nSPS) is 13.2.